The number of hydrogen-bond donors (Lipinski definition) is 2. The number of aliphatic carboxylic acids is 1. The highest BCUT2D eigenvalue weighted by atomic mass is 32.2. The number of carbonyl (C=O) groups is 3. The first kappa shape index (κ1) is 15.1. The smallest absolute Gasteiger partial charge is 0.353 e. The van der Waals surface area contributed by atoms with Crippen LogP contribution < -0.4 is 5.73 Å². The van der Waals surface area contributed by atoms with Gasteiger partial charge in [0.1, 0.15) is 5.70 Å². The minimum atomic E-state index is -1.21. The second-order valence-corrected chi connectivity index (χ2v) is 6.42. The van der Waals surface area contributed by atoms with Crippen LogP contribution in [0.15, 0.2) is 22.9 Å². The molecule has 118 valence electrons. The van der Waals surface area contributed by atoms with Gasteiger partial charge in [-0.05, 0) is 12.5 Å². The normalized spacial score (nSPS) is 30.0. The molecule has 0 spiro atoms. The summed E-state index contributed by atoms with van der Waals surface area (Å²) in [6.45, 7) is 0.407. The fourth-order valence-electron chi connectivity index (χ4n) is 2.74. The van der Waals surface area contributed by atoms with Gasteiger partial charge in [0, 0.05) is 11.1 Å². The van der Waals surface area contributed by atoms with Crippen molar-refractivity contribution in [2.75, 3.05) is 13.7 Å². The maximum Gasteiger partial charge on any atom is 0.353 e. The van der Waals surface area contributed by atoms with Gasteiger partial charge in [-0.15, -0.1) is 11.8 Å². The lowest BCUT2D eigenvalue weighted by Gasteiger charge is -2.45. The van der Waals surface area contributed by atoms with Crippen LogP contribution in [0.1, 0.15) is 12.8 Å². The predicted octanol–water partition coefficient (Wildman–Crippen LogP) is -0.365. The first-order valence-corrected chi connectivity index (χ1v) is 7.65. The standard InChI is InChI=1S/C13H15N3O5S/c1-21-15-3-2-6(12(15)18)4-7-10(13(19)20)16-8(17)5-9(16)22-11(7)14/h4,9,11H,2-3,5,14H2,1H3,(H,19,20). The van der Waals surface area contributed by atoms with E-state index in [-0.39, 0.29) is 29.3 Å². The number of β-lactam (4-membered cyclic amide) rings is 1. The van der Waals surface area contributed by atoms with Crippen LogP contribution in [-0.4, -0.2) is 57.3 Å². The summed E-state index contributed by atoms with van der Waals surface area (Å²) in [7, 11) is 1.40. The first-order valence-electron chi connectivity index (χ1n) is 6.71. The Morgan fingerprint density at radius 2 is 2.23 bits per heavy atom. The Kier molecular flexibility index (Phi) is 3.71. The number of thioether (sulfide) groups is 1. The average Bonchev–Trinajstić information content (AvgIpc) is 2.81. The van der Waals surface area contributed by atoms with E-state index in [1.54, 1.807) is 0 Å². The van der Waals surface area contributed by atoms with E-state index in [4.69, 9.17) is 10.6 Å². The SMILES string of the molecule is CON1CCC(=CC2=C(C(=O)O)N3C(=O)CC3SC2N)C1=O. The van der Waals surface area contributed by atoms with Gasteiger partial charge in [0.2, 0.25) is 5.91 Å². The summed E-state index contributed by atoms with van der Waals surface area (Å²) in [4.78, 5) is 41.5. The van der Waals surface area contributed by atoms with E-state index in [2.05, 4.69) is 0 Å². The minimum absolute atomic E-state index is 0.122. The molecular weight excluding hydrogens is 310 g/mol. The second-order valence-electron chi connectivity index (χ2n) is 5.10. The van der Waals surface area contributed by atoms with Crippen LogP contribution in [0.25, 0.3) is 0 Å². The molecule has 0 aromatic carbocycles. The lowest BCUT2D eigenvalue weighted by atomic mass is 10.0. The van der Waals surface area contributed by atoms with Crippen LogP contribution in [-0.2, 0) is 19.2 Å². The summed E-state index contributed by atoms with van der Waals surface area (Å²) < 4.78 is 0. The molecule has 8 nitrogen and oxygen atoms in total. The Morgan fingerprint density at radius 3 is 2.77 bits per heavy atom. The van der Waals surface area contributed by atoms with E-state index < -0.39 is 11.3 Å². The summed E-state index contributed by atoms with van der Waals surface area (Å²) in [5.74, 6) is -1.77. The van der Waals surface area contributed by atoms with Crippen molar-refractivity contribution in [2.24, 2.45) is 5.73 Å². The number of fused-ring (bicyclic) bond motifs is 1. The molecular formula is C13H15N3O5S. The van der Waals surface area contributed by atoms with Crippen LogP contribution >= 0.6 is 11.8 Å². The lowest BCUT2D eigenvalue weighted by Crippen LogP contribution is -2.56. The van der Waals surface area contributed by atoms with E-state index in [1.165, 1.54) is 34.9 Å². The van der Waals surface area contributed by atoms with Gasteiger partial charge >= 0.3 is 5.97 Å². The van der Waals surface area contributed by atoms with Crippen molar-refractivity contribution >= 4 is 29.5 Å². The van der Waals surface area contributed by atoms with Crippen molar-refractivity contribution in [1.29, 1.82) is 0 Å². The van der Waals surface area contributed by atoms with Crippen molar-refractivity contribution in [3.8, 4) is 0 Å². The van der Waals surface area contributed by atoms with Crippen molar-refractivity contribution in [3.05, 3.63) is 22.9 Å². The van der Waals surface area contributed by atoms with Gasteiger partial charge in [-0.25, -0.2) is 9.86 Å². The van der Waals surface area contributed by atoms with E-state index in [0.29, 0.717) is 24.1 Å². The third-order valence-electron chi connectivity index (χ3n) is 3.87. The van der Waals surface area contributed by atoms with Crippen LogP contribution in [0.4, 0.5) is 0 Å². The molecule has 3 aliphatic heterocycles. The molecule has 2 amide bonds. The maximum atomic E-state index is 12.1. The summed E-state index contributed by atoms with van der Waals surface area (Å²) >= 11 is 1.32. The molecule has 0 saturated carbocycles. The summed E-state index contributed by atoms with van der Waals surface area (Å²) in [5.41, 5.74) is 6.63. The Morgan fingerprint density at radius 1 is 1.50 bits per heavy atom. The molecule has 22 heavy (non-hydrogen) atoms. The summed E-state index contributed by atoms with van der Waals surface area (Å²) in [5, 5.41) is 9.82. The molecule has 3 heterocycles. The van der Waals surface area contributed by atoms with Crippen LogP contribution in [0.5, 0.6) is 0 Å². The van der Waals surface area contributed by atoms with Gasteiger partial charge in [-0.3, -0.25) is 19.3 Å². The molecule has 0 aliphatic carbocycles. The third-order valence-corrected chi connectivity index (χ3v) is 5.11. The maximum absolute atomic E-state index is 12.1. The molecule has 3 N–H and O–H groups in total. The molecule has 0 bridgehead atoms. The largest absolute Gasteiger partial charge is 0.477 e. The number of nitrogens with two attached hydrogens (primary N) is 1. The van der Waals surface area contributed by atoms with Crippen molar-refractivity contribution in [2.45, 2.75) is 23.6 Å². The molecule has 2 unspecified atom stereocenters. The number of carbonyl (C=O) groups excluding carboxylic acids is 2. The molecule has 2 saturated heterocycles. The summed E-state index contributed by atoms with van der Waals surface area (Å²) in [6, 6.07) is 0. The van der Waals surface area contributed by atoms with Gasteiger partial charge in [0.15, 0.2) is 0 Å². The molecule has 0 radical (unpaired) electrons. The van der Waals surface area contributed by atoms with Crippen LogP contribution in [0.3, 0.4) is 0 Å². The average molecular weight is 325 g/mol. The van der Waals surface area contributed by atoms with Gasteiger partial charge in [0.05, 0.1) is 30.8 Å². The van der Waals surface area contributed by atoms with Crippen molar-refractivity contribution < 1.29 is 24.3 Å². The van der Waals surface area contributed by atoms with Crippen molar-refractivity contribution in [3.63, 3.8) is 0 Å². The Balaban J connectivity index is 2.02. The molecule has 3 aliphatic rings. The van der Waals surface area contributed by atoms with E-state index in [0.717, 1.165) is 0 Å². The molecule has 9 heteroatoms. The number of amides is 2. The fraction of sp³-hybridized carbons (Fsp3) is 0.462. The highest BCUT2D eigenvalue weighted by Gasteiger charge is 2.47. The molecule has 2 atom stereocenters. The van der Waals surface area contributed by atoms with Gasteiger partial charge < -0.3 is 10.8 Å². The zero-order valence-corrected chi connectivity index (χ0v) is 12.6. The van der Waals surface area contributed by atoms with E-state index >= 15 is 0 Å². The van der Waals surface area contributed by atoms with Crippen LogP contribution in [0, 0.1) is 0 Å². The molecule has 2 fully saturated rings. The first-order chi connectivity index (χ1) is 10.4. The minimum Gasteiger partial charge on any atom is -0.477 e. The van der Waals surface area contributed by atoms with Crippen molar-refractivity contribution in [1.82, 2.24) is 9.96 Å². The van der Waals surface area contributed by atoms with Gasteiger partial charge in [0.25, 0.3) is 5.91 Å². The quantitative estimate of drug-likeness (QED) is 0.538. The van der Waals surface area contributed by atoms with E-state index in [1.807, 2.05) is 0 Å². The monoisotopic (exact) mass is 325 g/mol. The number of hydrogen-bond acceptors (Lipinski definition) is 6. The molecule has 0 aromatic rings. The summed E-state index contributed by atoms with van der Waals surface area (Å²) in [6.07, 6.45) is 2.22. The van der Waals surface area contributed by atoms with Gasteiger partial charge in [-0.2, -0.15) is 0 Å². The fourth-order valence-corrected chi connectivity index (χ4v) is 3.99. The number of rotatable bonds is 3. The molecule has 0 aromatic heterocycles. The third kappa shape index (κ3) is 2.21. The zero-order chi connectivity index (χ0) is 16.0. The topological polar surface area (TPSA) is 113 Å². The van der Waals surface area contributed by atoms with E-state index in [9.17, 15) is 19.5 Å². The number of nitrogens with zero attached hydrogens (tertiary/aromatic N) is 2. The molecule has 3 rings (SSSR count). The predicted molar refractivity (Wildman–Crippen MR) is 76.9 cm³/mol. The highest BCUT2D eigenvalue weighted by Crippen LogP contribution is 2.43. The zero-order valence-electron chi connectivity index (χ0n) is 11.8. The Hall–Kier alpha value is -1.84. The second kappa shape index (κ2) is 5.41. The lowest BCUT2D eigenvalue weighted by molar-refractivity contribution is -0.164. The van der Waals surface area contributed by atoms with Gasteiger partial charge in [-0.1, -0.05) is 0 Å². The number of hydroxylamine groups is 2. The highest BCUT2D eigenvalue weighted by molar-refractivity contribution is 8.00. The number of carboxylic acids is 1. The number of carboxylic acid groups (broad SMARTS) is 1. The Bertz CT molecular complexity index is 629. The van der Waals surface area contributed by atoms with Crippen LogP contribution in [0.2, 0.25) is 0 Å². The Labute approximate surface area is 130 Å².